The standard InChI is InChI=1S/C25H25ClN4O5S/c1-34-23-13-21-17(12-18(23)24(32)30(14-31)9-10-36-2)22(7-8-27-21)35-16-5-6-20(19(26)11-16)29-25(33)28-15-3-4-15/h5-8,11-15H,3-4,9-10H2,1-2H3,(H2,28,29,33). The minimum atomic E-state index is -0.476. The topological polar surface area (TPSA) is 110 Å². The van der Waals surface area contributed by atoms with Gasteiger partial charge in [-0.05, 0) is 43.4 Å². The molecule has 36 heavy (non-hydrogen) atoms. The molecule has 1 aliphatic rings. The normalized spacial score (nSPS) is 12.6. The van der Waals surface area contributed by atoms with Gasteiger partial charge in [0, 0.05) is 42.1 Å². The van der Waals surface area contributed by atoms with E-state index in [-0.39, 0.29) is 24.2 Å². The quantitative estimate of drug-likeness (QED) is 0.359. The fourth-order valence-electron chi connectivity index (χ4n) is 3.48. The number of aromatic nitrogens is 1. The van der Waals surface area contributed by atoms with Gasteiger partial charge in [-0.2, -0.15) is 11.8 Å². The van der Waals surface area contributed by atoms with Crippen LogP contribution in [0.15, 0.2) is 42.6 Å². The summed E-state index contributed by atoms with van der Waals surface area (Å²) in [7, 11) is 1.45. The lowest BCUT2D eigenvalue weighted by molar-refractivity contribution is -0.115. The number of pyridine rings is 1. The summed E-state index contributed by atoms with van der Waals surface area (Å²) in [4.78, 5) is 42.2. The van der Waals surface area contributed by atoms with Crippen LogP contribution >= 0.6 is 23.4 Å². The van der Waals surface area contributed by atoms with E-state index in [9.17, 15) is 14.4 Å². The number of fused-ring (bicyclic) bond motifs is 1. The Hall–Kier alpha value is -3.50. The lowest BCUT2D eigenvalue weighted by Crippen LogP contribution is -2.32. The van der Waals surface area contributed by atoms with Crippen molar-refractivity contribution in [2.45, 2.75) is 18.9 Å². The van der Waals surface area contributed by atoms with E-state index in [2.05, 4.69) is 15.6 Å². The molecular formula is C25H25ClN4O5S. The van der Waals surface area contributed by atoms with Crippen molar-refractivity contribution in [3.8, 4) is 17.2 Å². The van der Waals surface area contributed by atoms with Crippen LogP contribution in [0.2, 0.25) is 5.02 Å². The lowest BCUT2D eigenvalue weighted by atomic mass is 10.1. The molecule has 4 amide bonds. The van der Waals surface area contributed by atoms with Crippen molar-refractivity contribution in [1.29, 1.82) is 0 Å². The van der Waals surface area contributed by atoms with E-state index < -0.39 is 5.91 Å². The maximum Gasteiger partial charge on any atom is 0.319 e. The van der Waals surface area contributed by atoms with Gasteiger partial charge in [-0.15, -0.1) is 0 Å². The van der Waals surface area contributed by atoms with Gasteiger partial charge in [0.05, 0.1) is 28.9 Å². The molecule has 9 nitrogen and oxygen atoms in total. The van der Waals surface area contributed by atoms with Crippen LogP contribution in [0.3, 0.4) is 0 Å². The van der Waals surface area contributed by atoms with Gasteiger partial charge >= 0.3 is 6.03 Å². The zero-order valence-electron chi connectivity index (χ0n) is 19.7. The van der Waals surface area contributed by atoms with Crippen molar-refractivity contribution in [3.05, 3.63) is 53.2 Å². The second kappa shape index (κ2) is 11.5. The average Bonchev–Trinajstić information content (AvgIpc) is 3.69. The highest BCUT2D eigenvalue weighted by molar-refractivity contribution is 7.98. The Labute approximate surface area is 217 Å². The van der Waals surface area contributed by atoms with Crippen LogP contribution in [-0.4, -0.2) is 59.9 Å². The van der Waals surface area contributed by atoms with Crippen LogP contribution in [0.4, 0.5) is 10.5 Å². The molecule has 2 aromatic carbocycles. The highest BCUT2D eigenvalue weighted by Gasteiger charge is 2.24. The molecule has 1 heterocycles. The van der Waals surface area contributed by atoms with Gasteiger partial charge in [-0.1, -0.05) is 11.6 Å². The second-order valence-corrected chi connectivity index (χ2v) is 9.48. The zero-order valence-corrected chi connectivity index (χ0v) is 21.3. The van der Waals surface area contributed by atoms with E-state index in [4.69, 9.17) is 21.1 Å². The molecule has 3 aromatic rings. The van der Waals surface area contributed by atoms with Crippen LogP contribution in [0, 0.1) is 0 Å². The second-order valence-electron chi connectivity index (χ2n) is 8.09. The van der Waals surface area contributed by atoms with Gasteiger partial charge < -0.3 is 20.1 Å². The van der Waals surface area contributed by atoms with E-state index >= 15 is 0 Å². The average molecular weight is 529 g/mol. The summed E-state index contributed by atoms with van der Waals surface area (Å²) in [5.74, 6) is 1.30. The Morgan fingerprint density at radius 2 is 2.03 bits per heavy atom. The summed E-state index contributed by atoms with van der Waals surface area (Å²) in [6.07, 6.45) is 5.97. The Bertz CT molecular complexity index is 1300. The van der Waals surface area contributed by atoms with Gasteiger partial charge in [-0.3, -0.25) is 19.5 Å². The third kappa shape index (κ3) is 6.00. The zero-order chi connectivity index (χ0) is 25.7. The molecular weight excluding hydrogens is 504 g/mol. The first-order chi connectivity index (χ1) is 17.4. The van der Waals surface area contributed by atoms with Crippen molar-refractivity contribution in [3.63, 3.8) is 0 Å². The SMILES string of the molecule is COc1cc2nccc(Oc3ccc(NC(=O)NC4CC4)c(Cl)c3)c2cc1C(=O)N(C=O)CCSC. The van der Waals surface area contributed by atoms with Gasteiger partial charge in [-0.25, -0.2) is 4.79 Å². The first-order valence-corrected chi connectivity index (χ1v) is 13.0. The summed E-state index contributed by atoms with van der Waals surface area (Å²) in [6.45, 7) is 0.276. The highest BCUT2D eigenvalue weighted by atomic mass is 35.5. The van der Waals surface area contributed by atoms with Crippen molar-refractivity contribution < 1.29 is 23.9 Å². The van der Waals surface area contributed by atoms with E-state index in [0.29, 0.717) is 51.0 Å². The summed E-state index contributed by atoms with van der Waals surface area (Å²) in [6, 6.07) is 9.74. The maximum atomic E-state index is 13.1. The molecule has 0 aliphatic heterocycles. The van der Waals surface area contributed by atoms with Crippen LogP contribution in [0.5, 0.6) is 17.2 Å². The number of hydrogen-bond acceptors (Lipinski definition) is 7. The highest BCUT2D eigenvalue weighted by Crippen LogP contribution is 2.35. The van der Waals surface area contributed by atoms with Crippen molar-refractivity contribution in [1.82, 2.24) is 15.2 Å². The number of anilines is 1. The largest absolute Gasteiger partial charge is 0.496 e. The molecule has 188 valence electrons. The number of benzene rings is 2. The predicted molar refractivity (Wildman–Crippen MR) is 140 cm³/mol. The molecule has 11 heteroatoms. The molecule has 1 saturated carbocycles. The van der Waals surface area contributed by atoms with Crippen LogP contribution in [0.25, 0.3) is 10.9 Å². The van der Waals surface area contributed by atoms with Gasteiger partial charge in [0.25, 0.3) is 5.91 Å². The fourth-order valence-corrected chi connectivity index (χ4v) is 4.08. The first kappa shape index (κ1) is 25.6. The molecule has 0 saturated heterocycles. The number of rotatable bonds is 10. The Morgan fingerprint density at radius 1 is 1.22 bits per heavy atom. The van der Waals surface area contributed by atoms with E-state index in [1.165, 1.54) is 18.9 Å². The number of urea groups is 1. The number of amides is 4. The van der Waals surface area contributed by atoms with Crippen molar-refractivity contribution in [2.75, 3.05) is 31.0 Å². The Morgan fingerprint density at radius 3 is 2.69 bits per heavy atom. The molecule has 0 spiro atoms. The van der Waals surface area contributed by atoms with E-state index in [1.807, 2.05) is 6.26 Å². The summed E-state index contributed by atoms with van der Waals surface area (Å²) >= 11 is 7.91. The van der Waals surface area contributed by atoms with Gasteiger partial charge in [0.15, 0.2) is 0 Å². The summed E-state index contributed by atoms with van der Waals surface area (Å²) in [5.41, 5.74) is 1.22. The maximum absolute atomic E-state index is 13.1. The number of imide groups is 1. The minimum absolute atomic E-state index is 0.218. The van der Waals surface area contributed by atoms with E-state index in [0.717, 1.165) is 17.7 Å². The number of thioether (sulfide) groups is 1. The predicted octanol–water partition coefficient (Wildman–Crippen LogP) is 4.93. The van der Waals surface area contributed by atoms with Gasteiger partial charge in [0.1, 0.15) is 17.2 Å². The number of ether oxygens (including phenoxy) is 2. The lowest BCUT2D eigenvalue weighted by Gasteiger charge is -2.18. The number of methoxy groups -OCH3 is 1. The molecule has 0 unspecified atom stereocenters. The summed E-state index contributed by atoms with van der Waals surface area (Å²) in [5, 5.41) is 6.44. The minimum Gasteiger partial charge on any atom is -0.496 e. The molecule has 1 aliphatic carbocycles. The number of hydrogen-bond donors (Lipinski definition) is 2. The Balaban J connectivity index is 1.61. The van der Waals surface area contributed by atoms with Crippen LogP contribution in [0.1, 0.15) is 23.2 Å². The smallest absolute Gasteiger partial charge is 0.319 e. The van der Waals surface area contributed by atoms with Crippen molar-refractivity contribution >= 4 is 58.3 Å². The van der Waals surface area contributed by atoms with Crippen LogP contribution in [-0.2, 0) is 4.79 Å². The number of halogens is 1. The molecule has 1 fully saturated rings. The fraction of sp³-hybridized carbons (Fsp3) is 0.280. The molecule has 0 radical (unpaired) electrons. The molecule has 4 rings (SSSR count). The monoisotopic (exact) mass is 528 g/mol. The molecule has 0 atom stereocenters. The van der Waals surface area contributed by atoms with Crippen LogP contribution < -0.4 is 20.1 Å². The Kier molecular flexibility index (Phi) is 8.17. The molecule has 2 N–H and O–H groups in total. The first-order valence-electron chi connectivity index (χ1n) is 11.2. The van der Waals surface area contributed by atoms with Gasteiger partial charge in [0.2, 0.25) is 6.41 Å². The van der Waals surface area contributed by atoms with E-state index in [1.54, 1.807) is 42.6 Å². The summed E-state index contributed by atoms with van der Waals surface area (Å²) < 4.78 is 11.5. The molecule has 1 aromatic heterocycles. The number of nitrogens with zero attached hydrogens (tertiary/aromatic N) is 2. The number of nitrogens with one attached hydrogen (secondary N) is 2. The third-order valence-corrected chi connectivity index (χ3v) is 6.41. The number of carbonyl (C=O) groups is 3. The number of carbonyl (C=O) groups excluding carboxylic acids is 3. The molecule has 0 bridgehead atoms. The third-order valence-electron chi connectivity index (χ3n) is 5.51. The van der Waals surface area contributed by atoms with Crippen molar-refractivity contribution in [2.24, 2.45) is 0 Å².